The number of hydrogen-bond donors (Lipinski definition) is 0. The summed E-state index contributed by atoms with van der Waals surface area (Å²) >= 11 is 0. The standard InChI is InChI=1S/C19H19NO5/c1-2-20(14-8-4-3-5-9-14)18(21)13-24-19(22)17-12-23-15-10-6-7-11-16(15)25-17/h3-11,17H,2,12-13H2,1H3/t17-/m1/s1. The Hall–Kier alpha value is -3.02. The fraction of sp³-hybridized carbons (Fsp3) is 0.263. The van der Waals surface area contributed by atoms with Gasteiger partial charge in [0.05, 0.1) is 0 Å². The van der Waals surface area contributed by atoms with E-state index >= 15 is 0 Å². The summed E-state index contributed by atoms with van der Waals surface area (Å²) in [5.74, 6) is 0.163. The lowest BCUT2D eigenvalue weighted by molar-refractivity contribution is -0.157. The molecular formula is C19H19NO5. The number of rotatable bonds is 5. The van der Waals surface area contributed by atoms with Gasteiger partial charge in [0.15, 0.2) is 18.1 Å². The molecule has 2 aromatic rings. The first-order chi connectivity index (χ1) is 12.2. The first-order valence-electron chi connectivity index (χ1n) is 8.09. The molecule has 1 aliphatic heterocycles. The Morgan fingerprint density at radius 2 is 1.76 bits per heavy atom. The first kappa shape index (κ1) is 16.8. The zero-order valence-electron chi connectivity index (χ0n) is 13.9. The average molecular weight is 341 g/mol. The summed E-state index contributed by atoms with van der Waals surface area (Å²) < 4.78 is 16.2. The number of carbonyl (C=O) groups is 2. The number of nitrogens with zero attached hydrogens (tertiary/aromatic N) is 1. The second-order valence-electron chi connectivity index (χ2n) is 5.45. The van der Waals surface area contributed by atoms with Crippen LogP contribution in [-0.4, -0.2) is 37.7 Å². The number of fused-ring (bicyclic) bond motifs is 1. The largest absolute Gasteiger partial charge is 0.485 e. The monoisotopic (exact) mass is 341 g/mol. The molecule has 0 radical (unpaired) electrons. The van der Waals surface area contributed by atoms with Gasteiger partial charge in [-0.15, -0.1) is 0 Å². The molecule has 0 spiro atoms. The Kier molecular flexibility index (Phi) is 5.18. The van der Waals surface area contributed by atoms with Gasteiger partial charge in [-0.1, -0.05) is 30.3 Å². The van der Waals surface area contributed by atoms with E-state index in [2.05, 4.69) is 0 Å². The molecule has 0 saturated heterocycles. The number of carbonyl (C=O) groups excluding carboxylic acids is 2. The summed E-state index contributed by atoms with van der Waals surface area (Å²) in [6.45, 7) is 2.06. The van der Waals surface area contributed by atoms with E-state index in [4.69, 9.17) is 14.2 Å². The zero-order valence-corrected chi connectivity index (χ0v) is 13.9. The SMILES string of the molecule is CCN(C(=O)COC(=O)[C@H]1COc2ccccc2O1)c1ccccc1. The van der Waals surface area contributed by atoms with Crippen molar-refractivity contribution in [2.45, 2.75) is 13.0 Å². The van der Waals surface area contributed by atoms with Gasteiger partial charge in [-0.05, 0) is 31.2 Å². The summed E-state index contributed by atoms with van der Waals surface area (Å²) in [7, 11) is 0. The Labute approximate surface area is 145 Å². The van der Waals surface area contributed by atoms with Crippen molar-refractivity contribution in [3.05, 3.63) is 54.6 Å². The van der Waals surface area contributed by atoms with E-state index in [-0.39, 0.29) is 19.1 Å². The molecule has 6 heteroatoms. The number of ether oxygens (including phenoxy) is 3. The van der Waals surface area contributed by atoms with Crippen LogP contribution in [0.2, 0.25) is 0 Å². The molecule has 0 aliphatic carbocycles. The number of benzene rings is 2. The molecule has 130 valence electrons. The molecule has 1 atom stereocenters. The summed E-state index contributed by atoms with van der Waals surface area (Å²) in [6.07, 6.45) is -0.880. The molecule has 1 aliphatic rings. The van der Waals surface area contributed by atoms with Crippen LogP contribution >= 0.6 is 0 Å². The van der Waals surface area contributed by atoms with Crippen molar-refractivity contribution in [2.75, 3.05) is 24.7 Å². The normalized spacial score (nSPS) is 15.3. The van der Waals surface area contributed by atoms with E-state index in [0.29, 0.717) is 18.0 Å². The molecule has 0 N–H and O–H groups in total. The van der Waals surface area contributed by atoms with Crippen LogP contribution in [-0.2, 0) is 14.3 Å². The van der Waals surface area contributed by atoms with E-state index < -0.39 is 12.1 Å². The minimum Gasteiger partial charge on any atom is -0.485 e. The van der Waals surface area contributed by atoms with Crippen LogP contribution in [0.15, 0.2) is 54.6 Å². The van der Waals surface area contributed by atoms with Crippen molar-refractivity contribution in [1.82, 2.24) is 0 Å². The fourth-order valence-corrected chi connectivity index (χ4v) is 2.55. The second-order valence-corrected chi connectivity index (χ2v) is 5.45. The third kappa shape index (κ3) is 3.91. The van der Waals surface area contributed by atoms with Gasteiger partial charge < -0.3 is 19.1 Å². The first-order valence-corrected chi connectivity index (χ1v) is 8.09. The highest BCUT2D eigenvalue weighted by atomic mass is 16.6. The van der Waals surface area contributed by atoms with Crippen LogP contribution in [0.4, 0.5) is 5.69 Å². The molecule has 25 heavy (non-hydrogen) atoms. The summed E-state index contributed by atoms with van der Waals surface area (Å²) in [5, 5.41) is 0. The molecule has 0 fully saturated rings. The number of anilines is 1. The van der Waals surface area contributed by atoms with Crippen molar-refractivity contribution in [2.24, 2.45) is 0 Å². The molecule has 0 unspecified atom stereocenters. The number of esters is 1. The van der Waals surface area contributed by atoms with E-state index in [1.54, 1.807) is 23.1 Å². The van der Waals surface area contributed by atoms with Crippen molar-refractivity contribution in [3.8, 4) is 11.5 Å². The van der Waals surface area contributed by atoms with Crippen LogP contribution in [0.3, 0.4) is 0 Å². The van der Waals surface area contributed by atoms with E-state index in [9.17, 15) is 9.59 Å². The molecule has 3 rings (SSSR count). The van der Waals surface area contributed by atoms with Gasteiger partial charge in [0.2, 0.25) is 6.10 Å². The maximum atomic E-state index is 12.3. The lowest BCUT2D eigenvalue weighted by Gasteiger charge is -2.25. The average Bonchev–Trinajstić information content (AvgIpc) is 2.67. The van der Waals surface area contributed by atoms with Crippen LogP contribution in [0, 0.1) is 0 Å². The molecule has 1 amide bonds. The summed E-state index contributed by atoms with van der Waals surface area (Å²) in [4.78, 5) is 26.1. The lowest BCUT2D eigenvalue weighted by Crippen LogP contribution is -2.40. The summed E-state index contributed by atoms with van der Waals surface area (Å²) in [6, 6.07) is 16.3. The Morgan fingerprint density at radius 3 is 2.48 bits per heavy atom. The lowest BCUT2D eigenvalue weighted by atomic mass is 10.2. The molecule has 1 heterocycles. The van der Waals surface area contributed by atoms with Crippen LogP contribution in [0.5, 0.6) is 11.5 Å². The van der Waals surface area contributed by atoms with E-state index in [1.807, 2.05) is 43.3 Å². The number of likely N-dealkylation sites (N-methyl/N-ethyl adjacent to an activating group) is 1. The van der Waals surface area contributed by atoms with Crippen molar-refractivity contribution >= 4 is 17.6 Å². The van der Waals surface area contributed by atoms with E-state index in [1.165, 1.54) is 0 Å². The maximum absolute atomic E-state index is 12.3. The van der Waals surface area contributed by atoms with Gasteiger partial charge in [0, 0.05) is 12.2 Å². The van der Waals surface area contributed by atoms with E-state index in [0.717, 1.165) is 5.69 Å². The minimum absolute atomic E-state index is 0.0558. The van der Waals surface area contributed by atoms with Crippen molar-refractivity contribution in [1.29, 1.82) is 0 Å². The maximum Gasteiger partial charge on any atom is 0.351 e. The molecule has 0 saturated carbocycles. The Bertz CT molecular complexity index is 746. The molecule has 2 aromatic carbocycles. The fourth-order valence-electron chi connectivity index (χ4n) is 2.55. The molecule has 0 aromatic heterocycles. The number of hydrogen-bond acceptors (Lipinski definition) is 5. The van der Waals surface area contributed by atoms with Crippen LogP contribution in [0.25, 0.3) is 0 Å². The number of para-hydroxylation sites is 3. The predicted octanol–water partition coefficient (Wildman–Crippen LogP) is 2.42. The Morgan fingerprint density at radius 1 is 1.08 bits per heavy atom. The van der Waals surface area contributed by atoms with Gasteiger partial charge in [0.25, 0.3) is 5.91 Å². The quantitative estimate of drug-likeness (QED) is 0.782. The molecule has 0 bridgehead atoms. The third-order valence-corrected chi connectivity index (χ3v) is 3.79. The van der Waals surface area contributed by atoms with Gasteiger partial charge in [-0.2, -0.15) is 0 Å². The van der Waals surface area contributed by atoms with Crippen molar-refractivity contribution < 1.29 is 23.8 Å². The predicted molar refractivity (Wildman–Crippen MR) is 91.8 cm³/mol. The topological polar surface area (TPSA) is 65.1 Å². The van der Waals surface area contributed by atoms with Gasteiger partial charge in [0.1, 0.15) is 6.61 Å². The highest BCUT2D eigenvalue weighted by molar-refractivity contribution is 5.95. The zero-order chi connectivity index (χ0) is 17.6. The number of amides is 1. The van der Waals surface area contributed by atoms with Crippen LogP contribution < -0.4 is 14.4 Å². The summed E-state index contributed by atoms with van der Waals surface area (Å²) in [5.41, 5.74) is 0.761. The minimum atomic E-state index is -0.880. The second kappa shape index (κ2) is 7.70. The molecule has 6 nitrogen and oxygen atoms in total. The van der Waals surface area contributed by atoms with Crippen molar-refractivity contribution in [3.63, 3.8) is 0 Å². The highest BCUT2D eigenvalue weighted by Crippen LogP contribution is 2.31. The Balaban J connectivity index is 1.56. The van der Waals surface area contributed by atoms with Crippen LogP contribution in [0.1, 0.15) is 6.92 Å². The van der Waals surface area contributed by atoms with Gasteiger partial charge >= 0.3 is 5.97 Å². The highest BCUT2D eigenvalue weighted by Gasteiger charge is 2.29. The third-order valence-electron chi connectivity index (χ3n) is 3.79. The van der Waals surface area contributed by atoms with Gasteiger partial charge in [-0.25, -0.2) is 4.79 Å². The molecular weight excluding hydrogens is 322 g/mol. The van der Waals surface area contributed by atoms with Gasteiger partial charge in [-0.3, -0.25) is 4.79 Å². The smallest absolute Gasteiger partial charge is 0.351 e.